The van der Waals surface area contributed by atoms with Crippen LogP contribution in [0.2, 0.25) is 0 Å². The Hall–Kier alpha value is -3.42. The molecule has 1 heterocycles. The maximum atomic E-state index is 12.0. The summed E-state index contributed by atoms with van der Waals surface area (Å²) in [5.41, 5.74) is 1.25. The van der Waals surface area contributed by atoms with Gasteiger partial charge in [-0.05, 0) is 31.4 Å². The van der Waals surface area contributed by atoms with Gasteiger partial charge in [-0.1, -0.05) is 38.1 Å². The fourth-order valence-corrected chi connectivity index (χ4v) is 2.36. The van der Waals surface area contributed by atoms with Gasteiger partial charge in [-0.3, -0.25) is 14.9 Å². The van der Waals surface area contributed by atoms with Crippen LogP contribution in [0.15, 0.2) is 40.8 Å². The minimum Gasteiger partial charge on any atom is -0.450 e. The van der Waals surface area contributed by atoms with Crippen molar-refractivity contribution in [2.24, 2.45) is 5.92 Å². The number of esters is 1. The number of urea groups is 1. The van der Waals surface area contributed by atoms with Crippen molar-refractivity contribution in [1.82, 2.24) is 10.6 Å². The Balaban J connectivity index is 1.83. The third-order valence-corrected chi connectivity index (χ3v) is 3.98. The van der Waals surface area contributed by atoms with E-state index in [4.69, 9.17) is 9.15 Å². The molecule has 0 spiro atoms. The highest BCUT2D eigenvalue weighted by molar-refractivity contribution is 5.96. The average Bonchev–Trinajstić information content (AvgIpc) is 3.16. The van der Waals surface area contributed by atoms with Gasteiger partial charge in [0.2, 0.25) is 5.76 Å². The van der Waals surface area contributed by atoms with E-state index < -0.39 is 24.5 Å². The molecule has 0 fully saturated rings. The zero-order valence-electron chi connectivity index (χ0n) is 16.6. The first-order chi connectivity index (χ1) is 13.8. The number of carbonyl (C=O) groups excluding carboxylic acids is 4. The third kappa shape index (κ3) is 6.91. The summed E-state index contributed by atoms with van der Waals surface area (Å²) in [7, 11) is 0. The SMILES string of the molecule is CC(=O)c1ccc(-c2ccc(C(=O)OCC(=O)NC(=O)NCCC(C)C)o2)cc1. The number of furan rings is 1. The van der Waals surface area contributed by atoms with Gasteiger partial charge in [0.1, 0.15) is 5.76 Å². The second-order valence-electron chi connectivity index (χ2n) is 6.86. The third-order valence-electron chi connectivity index (χ3n) is 3.98. The van der Waals surface area contributed by atoms with Gasteiger partial charge in [0.15, 0.2) is 12.4 Å². The van der Waals surface area contributed by atoms with Gasteiger partial charge in [-0.15, -0.1) is 0 Å². The number of hydrogen-bond acceptors (Lipinski definition) is 6. The molecule has 1 aromatic heterocycles. The minimum atomic E-state index is -0.827. The summed E-state index contributed by atoms with van der Waals surface area (Å²) < 4.78 is 10.3. The molecule has 0 saturated heterocycles. The highest BCUT2D eigenvalue weighted by Gasteiger charge is 2.16. The number of rotatable bonds is 8. The molecule has 0 aliphatic carbocycles. The minimum absolute atomic E-state index is 0.0489. The number of amides is 3. The van der Waals surface area contributed by atoms with Crippen LogP contribution in [-0.2, 0) is 9.53 Å². The molecule has 2 aromatic rings. The van der Waals surface area contributed by atoms with Crippen LogP contribution >= 0.6 is 0 Å². The molecule has 0 aliphatic heterocycles. The predicted molar refractivity (Wildman–Crippen MR) is 105 cm³/mol. The van der Waals surface area contributed by atoms with Crippen molar-refractivity contribution in [2.45, 2.75) is 27.2 Å². The summed E-state index contributed by atoms with van der Waals surface area (Å²) in [6, 6.07) is 9.10. The van der Waals surface area contributed by atoms with Crippen molar-refractivity contribution < 1.29 is 28.3 Å². The lowest BCUT2D eigenvalue weighted by Gasteiger charge is -2.08. The lowest BCUT2D eigenvalue weighted by atomic mass is 10.1. The summed E-state index contributed by atoms with van der Waals surface area (Å²) in [5, 5.41) is 4.63. The maximum absolute atomic E-state index is 12.0. The zero-order valence-corrected chi connectivity index (χ0v) is 16.6. The highest BCUT2D eigenvalue weighted by atomic mass is 16.5. The molecule has 29 heavy (non-hydrogen) atoms. The molecule has 0 unspecified atom stereocenters. The molecular weight excluding hydrogens is 376 g/mol. The van der Waals surface area contributed by atoms with Gasteiger partial charge in [-0.25, -0.2) is 9.59 Å². The van der Waals surface area contributed by atoms with E-state index in [1.54, 1.807) is 30.3 Å². The molecule has 0 aliphatic rings. The zero-order chi connectivity index (χ0) is 21.4. The molecule has 3 amide bonds. The standard InChI is InChI=1S/C21H24N2O6/c1-13(2)10-11-22-21(27)23-19(25)12-28-20(26)18-9-8-17(29-18)16-6-4-15(5-7-16)14(3)24/h4-9,13H,10-12H2,1-3H3,(H2,22,23,25,27). The fraction of sp³-hybridized carbons (Fsp3) is 0.333. The quantitative estimate of drug-likeness (QED) is 0.519. The highest BCUT2D eigenvalue weighted by Crippen LogP contribution is 2.23. The van der Waals surface area contributed by atoms with Crippen LogP contribution < -0.4 is 10.6 Å². The lowest BCUT2D eigenvalue weighted by Crippen LogP contribution is -2.41. The number of ether oxygens (including phenoxy) is 1. The Kier molecular flexibility index (Phi) is 7.70. The molecule has 154 valence electrons. The van der Waals surface area contributed by atoms with Crippen LogP contribution in [-0.4, -0.2) is 36.8 Å². The van der Waals surface area contributed by atoms with Gasteiger partial charge in [-0.2, -0.15) is 0 Å². The van der Waals surface area contributed by atoms with Crippen molar-refractivity contribution in [3.63, 3.8) is 0 Å². The first-order valence-corrected chi connectivity index (χ1v) is 9.22. The molecule has 0 atom stereocenters. The number of hydrogen-bond donors (Lipinski definition) is 2. The Morgan fingerprint density at radius 3 is 2.34 bits per heavy atom. The lowest BCUT2D eigenvalue weighted by molar-refractivity contribution is -0.123. The van der Waals surface area contributed by atoms with E-state index in [9.17, 15) is 19.2 Å². The van der Waals surface area contributed by atoms with Crippen LogP contribution in [0, 0.1) is 5.92 Å². The molecule has 8 heteroatoms. The number of benzene rings is 1. The van der Waals surface area contributed by atoms with Crippen LogP contribution in [0.3, 0.4) is 0 Å². The molecular formula is C21H24N2O6. The molecule has 2 rings (SSSR count). The van der Waals surface area contributed by atoms with Gasteiger partial charge in [0.05, 0.1) is 0 Å². The summed E-state index contributed by atoms with van der Waals surface area (Å²) in [5.74, 6) is -0.853. The van der Waals surface area contributed by atoms with E-state index in [1.165, 1.54) is 13.0 Å². The first-order valence-electron chi connectivity index (χ1n) is 9.22. The van der Waals surface area contributed by atoms with E-state index in [2.05, 4.69) is 10.6 Å². The van der Waals surface area contributed by atoms with Crippen LogP contribution in [0.4, 0.5) is 4.79 Å². The Bertz CT molecular complexity index is 883. The van der Waals surface area contributed by atoms with Gasteiger partial charge < -0.3 is 14.5 Å². The Morgan fingerprint density at radius 1 is 1.03 bits per heavy atom. The van der Waals surface area contributed by atoms with Gasteiger partial charge in [0, 0.05) is 17.7 Å². The predicted octanol–water partition coefficient (Wildman–Crippen LogP) is 3.18. The summed E-state index contributed by atoms with van der Waals surface area (Å²) >= 11 is 0. The fourth-order valence-electron chi connectivity index (χ4n) is 2.36. The summed E-state index contributed by atoms with van der Waals surface area (Å²) in [4.78, 5) is 46.6. The molecule has 2 N–H and O–H groups in total. The molecule has 0 saturated carbocycles. The second-order valence-corrected chi connectivity index (χ2v) is 6.86. The number of ketones is 1. The van der Waals surface area contributed by atoms with Crippen molar-refractivity contribution in [3.8, 4) is 11.3 Å². The van der Waals surface area contributed by atoms with Crippen LogP contribution in [0.25, 0.3) is 11.3 Å². The van der Waals surface area contributed by atoms with Crippen LogP contribution in [0.1, 0.15) is 48.1 Å². The molecule has 0 bridgehead atoms. The smallest absolute Gasteiger partial charge is 0.374 e. The number of Topliss-reactive ketones (excluding diaryl/α,β-unsaturated/α-hetero) is 1. The maximum Gasteiger partial charge on any atom is 0.374 e. The summed E-state index contributed by atoms with van der Waals surface area (Å²) in [6.45, 7) is 5.34. The van der Waals surface area contributed by atoms with Crippen molar-refractivity contribution in [2.75, 3.05) is 13.2 Å². The topological polar surface area (TPSA) is 115 Å². The molecule has 8 nitrogen and oxygen atoms in total. The number of carbonyl (C=O) groups is 4. The van der Waals surface area contributed by atoms with Crippen molar-refractivity contribution >= 4 is 23.7 Å². The van der Waals surface area contributed by atoms with Crippen LogP contribution in [0.5, 0.6) is 0 Å². The molecule has 0 radical (unpaired) electrons. The van der Waals surface area contributed by atoms with Crippen molar-refractivity contribution in [3.05, 3.63) is 47.7 Å². The van der Waals surface area contributed by atoms with E-state index in [-0.39, 0.29) is 11.5 Å². The number of imide groups is 1. The van der Waals surface area contributed by atoms with E-state index in [1.807, 2.05) is 13.8 Å². The van der Waals surface area contributed by atoms with Gasteiger partial charge in [0.25, 0.3) is 5.91 Å². The Morgan fingerprint density at radius 2 is 1.72 bits per heavy atom. The molecule has 1 aromatic carbocycles. The van der Waals surface area contributed by atoms with E-state index in [0.717, 1.165) is 6.42 Å². The van der Waals surface area contributed by atoms with Crippen molar-refractivity contribution in [1.29, 1.82) is 0 Å². The second kappa shape index (κ2) is 10.2. The average molecular weight is 400 g/mol. The van der Waals surface area contributed by atoms with E-state index >= 15 is 0 Å². The normalized spacial score (nSPS) is 10.5. The largest absolute Gasteiger partial charge is 0.450 e. The van der Waals surface area contributed by atoms with E-state index in [0.29, 0.717) is 29.3 Å². The first kappa shape index (κ1) is 21.9. The Labute approximate surface area is 168 Å². The van der Waals surface area contributed by atoms with Gasteiger partial charge >= 0.3 is 12.0 Å². The number of nitrogens with one attached hydrogen (secondary N) is 2. The summed E-state index contributed by atoms with van der Waals surface area (Å²) in [6.07, 6.45) is 0.787. The monoisotopic (exact) mass is 400 g/mol.